The molecule has 3 nitrogen and oxygen atoms in total. The Balaban J connectivity index is 2.02. The van der Waals surface area contributed by atoms with Crippen molar-refractivity contribution >= 4 is 5.91 Å². The van der Waals surface area contributed by atoms with E-state index >= 15 is 0 Å². The first kappa shape index (κ1) is 16.9. The number of phenols is 1. The molecule has 0 aliphatic rings. The van der Waals surface area contributed by atoms with Gasteiger partial charge < -0.3 is 10.0 Å². The lowest BCUT2D eigenvalue weighted by molar-refractivity contribution is -0.131. The molecule has 1 amide bonds. The number of aromatic hydroxyl groups is 1. The van der Waals surface area contributed by atoms with Gasteiger partial charge in [-0.3, -0.25) is 4.79 Å². The number of likely N-dealkylation sites (N-methyl/N-ethyl adjacent to an activating group) is 1. The molecule has 0 bridgehead atoms. The standard InChI is InChI=1S/C18H19F2NO2/c1-12(10-13-6-8-14(22)9-7-13)21(2)18(23)11-15-16(19)4-3-5-17(15)20/h3-9,12,22H,10-11H2,1-2H3. The SMILES string of the molecule is CC(Cc1ccc(O)cc1)N(C)C(=O)Cc1c(F)cccc1F. The van der Waals surface area contributed by atoms with Crippen LogP contribution in [-0.2, 0) is 17.6 Å². The zero-order valence-corrected chi connectivity index (χ0v) is 13.1. The number of nitrogens with zero attached hydrogens (tertiary/aromatic N) is 1. The fourth-order valence-electron chi connectivity index (χ4n) is 2.33. The van der Waals surface area contributed by atoms with Gasteiger partial charge in [0.15, 0.2) is 0 Å². The predicted molar refractivity (Wildman–Crippen MR) is 84.1 cm³/mol. The van der Waals surface area contributed by atoms with E-state index in [0.29, 0.717) is 6.42 Å². The second-order valence-corrected chi connectivity index (χ2v) is 5.60. The van der Waals surface area contributed by atoms with Crippen molar-refractivity contribution in [2.24, 2.45) is 0 Å². The summed E-state index contributed by atoms with van der Waals surface area (Å²) in [5.41, 5.74) is 0.758. The molecule has 0 spiro atoms. The molecule has 0 radical (unpaired) electrons. The molecular formula is C18H19F2NO2. The summed E-state index contributed by atoms with van der Waals surface area (Å²) in [5, 5.41) is 9.27. The first-order valence-electron chi connectivity index (χ1n) is 7.35. The van der Waals surface area contributed by atoms with Gasteiger partial charge >= 0.3 is 0 Å². The van der Waals surface area contributed by atoms with Gasteiger partial charge in [-0.25, -0.2) is 8.78 Å². The van der Waals surface area contributed by atoms with E-state index in [0.717, 1.165) is 17.7 Å². The third-order valence-electron chi connectivity index (χ3n) is 3.91. The Labute approximate surface area is 134 Å². The molecule has 2 aromatic rings. The minimum atomic E-state index is -0.710. The van der Waals surface area contributed by atoms with Crippen molar-refractivity contribution in [1.82, 2.24) is 4.90 Å². The first-order valence-corrected chi connectivity index (χ1v) is 7.35. The summed E-state index contributed by atoms with van der Waals surface area (Å²) in [4.78, 5) is 13.7. The Kier molecular flexibility index (Phi) is 5.32. The number of halogens is 2. The van der Waals surface area contributed by atoms with Gasteiger partial charge in [0.1, 0.15) is 17.4 Å². The number of hydrogen-bond acceptors (Lipinski definition) is 2. The molecule has 0 saturated heterocycles. The highest BCUT2D eigenvalue weighted by atomic mass is 19.1. The zero-order chi connectivity index (χ0) is 17.0. The van der Waals surface area contributed by atoms with Gasteiger partial charge in [-0.05, 0) is 43.2 Å². The maximum atomic E-state index is 13.6. The van der Waals surface area contributed by atoms with Gasteiger partial charge in [-0.1, -0.05) is 18.2 Å². The summed E-state index contributed by atoms with van der Waals surface area (Å²) < 4.78 is 27.3. The molecule has 2 rings (SSSR count). The predicted octanol–water partition coefficient (Wildman–Crippen LogP) is 3.30. The monoisotopic (exact) mass is 319 g/mol. The van der Waals surface area contributed by atoms with Crippen molar-refractivity contribution in [3.8, 4) is 5.75 Å². The van der Waals surface area contributed by atoms with Crippen molar-refractivity contribution in [2.75, 3.05) is 7.05 Å². The topological polar surface area (TPSA) is 40.5 Å². The van der Waals surface area contributed by atoms with E-state index in [-0.39, 0.29) is 29.7 Å². The molecule has 2 aromatic carbocycles. The maximum Gasteiger partial charge on any atom is 0.227 e. The lowest BCUT2D eigenvalue weighted by atomic mass is 10.0. The normalized spacial score (nSPS) is 12.0. The lowest BCUT2D eigenvalue weighted by Gasteiger charge is -2.25. The van der Waals surface area contributed by atoms with E-state index in [2.05, 4.69) is 0 Å². The molecule has 0 saturated carbocycles. The molecule has 122 valence electrons. The van der Waals surface area contributed by atoms with Gasteiger partial charge in [-0.2, -0.15) is 0 Å². The molecule has 5 heteroatoms. The smallest absolute Gasteiger partial charge is 0.227 e. The van der Waals surface area contributed by atoms with Crippen molar-refractivity contribution in [1.29, 1.82) is 0 Å². The van der Waals surface area contributed by atoms with Crippen LogP contribution in [0.1, 0.15) is 18.1 Å². The number of amides is 1. The van der Waals surface area contributed by atoms with Crippen LogP contribution in [0, 0.1) is 11.6 Å². The largest absolute Gasteiger partial charge is 0.508 e. The summed E-state index contributed by atoms with van der Waals surface area (Å²) in [6.07, 6.45) is 0.275. The molecule has 1 unspecified atom stereocenters. The fourth-order valence-corrected chi connectivity index (χ4v) is 2.33. The number of rotatable bonds is 5. The van der Waals surface area contributed by atoms with Crippen LogP contribution >= 0.6 is 0 Å². The van der Waals surface area contributed by atoms with Crippen LogP contribution in [0.2, 0.25) is 0 Å². The lowest BCUT2D eigenvalue weighted by Crippen LogP contribution is -2.37. The number of hydrogen-bond donors (Lipinski definition) is 1. The summed E-state index contributed by atoms with van der Waals surface area (Å²) in [6, 6.07) is 10.1. The van der Waals surface area contributed by atoms with Gasteiger partial charge in [0, 0.05) is 18.7 Å². The summed E-state index contributed by atoms with van der Waals surface area (Å²) >= 11 is 0. The van der Waals surface area contributed by atoms with E-state index in [1.165, 1.54) is 11.0 Å². The van der Waals surface area contributed by atoms with E-state index in [9.17, 15) is 18.7 Å². The van der Waals surface area contributed by atoms with E-state index in [1.54, 1.807) is 31.3 Å². The molecular weight excluding hydrogens is 300 g/mol. The summed E-state index contributed by atoms with van der Waals surface area (Å²) in [7, 11) is 1.62. The van der Waals surface area contributed by atoms with Crippen molar-refractivity contribution in [3.63, 3.8) is 0 Å². The summed E-state index contributed by atoms with van der Waals surface area (Å²) in [5.74, 6) is -1.59. The number of carbonyl (C=O) groups is 1. The highest BCUT2D eigenvalue weighted by Crippen LogP contribution is 2.16. The minimum Gasteiger partial charge on any atom is -0.508 e. The molecule has 1 atom stereocenters. The molecule has 0 aromatic heterocycles. The second kappa shape index (κ2) is 7.22. The van der Waals surface area contributed by atoms with Gasteiger partial charge in [0.25, 0.3) is 0 Å². The number of phenolic OH excluding ortho intramolecular Hbond substituents is 1. The Morgan fingerprint density at radius 2 is 1.70 bits per heavy atom. The molecule has 1 N–H and O–H groups in total. The molecule has 0 aliphatic carbocycles. The van der Waals surface area contributed by atoms with Crippen LogP contribution < -0.4 is 0 Å². The van der Waals surface area contributed by atoms with E-state index in [1.807, 2.05) is 6.92 Å². The van der Waals surface area contributed by atoms with Gasteiger partial charge in [0.05, 0.1) is 6.42 Å². The minimum absolute atomic E-state index is 0.137. The maximum absolute atomic E-state index is 13.6. The average molecular weight is 319 g/mol. The van der Waals surface area contributed by atoms with E-state index < -0.39 is 11.6 Å². The van der Waals surface area contributed by atoms with Crippen LogP contribution in [0.5, 0.6) is 5.75 Å². The van der Waals surface area contributed by atoms with Gasteiger partial charge in [-0.15, -0.1) is 0 Å². The van der Waals surface area contributed by atoms with Crippen LogP contribution in [-0.4, -0.2) is 29.0 Å². The van der Waals surface area contributed by atoms with Crippen LogP contribution in [0.3, 0.4) is 0 Å². The highest BCUT2D eigenvalue weighted by molar-refractivity contribution is 5.79. The number of benzene rings is 2. The number of carbonyl (C=O) groups excluding carboxylic acids is 1. The van der Waals surface area contributed by atoms with Crippen molar-refractivity contribution < 1.29 is 18.7 Å². The molecule has 0 fully saturated rings. The highest BCUT2D eigenvalue weighted by Gasteiger charge is 2.20. The Morgan fingerprint density at radius 1 is 1.13 bits per heavy atom. The third-order valence-corrected chi connectivity index (χ3v) is 3.91. The quantitative estimate of drug-likeness (QED) is 0.918. The van der Waals surface area contributed by atoms with Crippen LogP contribution in [0.25, 0.3) is 0 Å². The molecule has 23 heavy (non-hydrogen) atoms. The molecule has 0 heterocycles. The Morgan fingerprint density at radius 3 is 2.26 bits per heavy atom. The van der Waals surface area contributed by atoms with Crippen LogP contribution in [0.4, 0.5) is 8.78 Å². The zero-order valence-electron chi connectivity index (χ0n) is 13.1. The molecule has 0 aliphatic heterocycles. The van der Waals surface area contributed by atoms with Crippen molar-refractivity contribution in [3.05, 3.63) is 65.2 Å². The van der Waals surface area contributed by atoms with Gasteiger partial charge in [0.2, 0.25) is 5.91 Å². The summed E-state index contributed by atoms with van der Waals surface area (Å²) in [6.45, 7) is 1.86. The Hall–Kier alpha value is -2.43. The fraction of sp³-hybridized carbons (Fsp3) is 0.278. The third kappa shape index (κ3) is 4.28. The van der Waals surface area contributed by atoms with E-state index in [4.69, 9.17) is 0 Å². The van der Waals surface area contributed by atoms with Crippen molar-refractivity contribution in [2.45, 2.75) is 25.8 Å². The first-order chi connectivity index (χ1) is 10.9. The second-order valence-electron chi connectivity index (χ2n) is 5.60. The average Bonchev–Trinajstić information content (AvgIpc) is 2.52. The van der Waals surface area contributed by atoms with Crippen LogP contribution in [0.15, 0.2) is 42.5 Å². The Bertz CT molecular complexity index is 666.